The van der Waals surface area contributed by atoms with Gasteiger partial charge in [-0.1, -0.05) is 26.8 Å². The Morgan fingerprint density at radius 3 is 2.34 bits per heavy atom. The SMILES string of the molecule is CC(=O)NC(C)(C)CC(CC(C)(C)C)C1CCN(C(=O)[C@@H]2CC(N(C)Cc3cnn(C)c3)C[C@H]2c2ccc(F)cc2F)CC1. The van der Waals surface area contributed by atoms with Crippen LogP contribution in [0.3, 0.4) is 0 Å². The number of halogens is 2. The minimum absolute atomic E-state index is 0.0157. The summed E-state index contributed by atoms with van der Waals surface area (Å²) in [5, 5.41) is 7.41. The molecule has 0 spiro atoms. The van der Waals surface area contributed by atoms with Gasteiger partial charge in [0.25, 0.3) is 0 Å². The zero-order chi connectivity index (χ0) is 32.4. The number of piperidine rings is 1. The van der Waals surface area contributed by atoms with Crippen LogP contribution in [0.5, 0.6) is 0 Å². The number of nitrogens with zero attached hydrogens (tertiary/aromatic N) is 4. The highest BCUT2D eigenvalue weighted by Gasteiger charge is 2.44. The van der Waals surface area contributed by atoms with E-state index in [0.29, 0.717) is 49.9 Å². The fourth-order valence-corrected chi connectivity index (χ4v) is 7.96. The highest BCUT2D eigenvalue weighted by Crippen LogP contribution is 2.45. The molecule has 7 nitrogen and oxygen atoms in total. The van der Waals surface area contributed by atoms with Gasteiger partial charge in [0.15, 0.2) is 0 Å². The van der Waals surface area contributed by atoms with Crippen molar-refractivity contribution in [3.8, 4) is 0 Å². The molecule has 1 aromatic heterocycles. The molecule has 1 N–H and O–H groups in total. The molecule has 9 heteroatoms. The number of amides is 2. The lowest BCUT2D eigenvalue weighted by atomic mass is 9.70. The van der Waals surface area contributed by atoms with Crippen molar-refractivity contribution in [3.63, 3.8) is 0 Å². The van der Waals surface area contributed by atoms with Crippen LogP contribution < -0.4 is 5.32 Å². The summed E-state index contributed by atoms with van der Waals surface area (Å²) in [6, 6.07) is 3.85. The Bertz CT molecular complexity index is 1290. The minimum atomic E-state index is -0.606. The van der Waals surface area contributed by atoms with Crippen molar-refractivity contribution in [2.24, 2.45) is 30.2 Å². The number of hydrogen-bond acceptors (Lipinski definition) is 4. The quantitative estimate of drug-likeness (QED) is 0.342. The van der Waals surface area contributed by atoms with Crippen molar-refractivity contribution < 1.29 is 18.4 Å². The van der Waals surface area contributed by atoms with Crippen LogP contribution in [0.4, 0.5) is 8.78 Å². The van der Waals surface area contributed by atoms with Crippen molar-refractivity contribution in [2.45, 2.75) is 104 Å². The normalized spacial score (nSPS) is 22.4. The summed E-state index contributed by atoms with van der Waals surface area (Å²) in [7, 11) is 3.94. The molecule has 1 aromatic carbocycles. The van der Waals surface area contributed by atoms with Gasteiger partial charge in [-0.05, 0) is 94.2 Å². The molecule has 1 saturated carbocycles. The van der Waals surface area contributed by atoms with Crippen LogP contribution in [0.15, 0.2) is 30.6 Å². The molecule has 2 amide bonds. The molecular weight excluding hydrogens is 560 g/mol. The molecular formula is C35H53F2N5O2. The molecule has 0 bridgehead atoms. The first-order chi connectivity index (χ1) is 20.5. The molecule has 2 unspecified atom stereocenters. The van der Waals surface area contributed by atoms with Crippen LogP contribution in [-0.4, -0.2) is 63.1 Å². The Hall–Kier alpha value is -2.81. The average molecular weight is 614 g/mol. The number of carbonyl (C=O) groups is 2. The fraction of sp³-hybridized carbons (Fsp3) is 0.686. The number of aryl methyl sites for hydroxylation is 1. The Balaban J connectivity index is 1.48. The molecule has 4 atom stereocenters. The predicted octanol–water partition coefficient (Wildman–Crippen LogP) is 6.29. The van der Waals surface area contributed by atoms with Crippen molar-refractivity contribution >= 4 is 11.8 Å². The average Bonchev–Trinajstić information content (AvgIpc) is 3.52. The first kappa shape index (κ1) is 34.1. The van der Waals surface area contributed by atoms with Gasteiger partial charge in [0, 0.05) is 68.9 Å². The number of carbonyl (C=O) groups excluding carboxylic acids is 2. The third-order valence-electron chi connectivity index (χ3n) is 9.71. The van der Waals surface area contributed by atoms with Crippen molar-refractivity contribution in [1.29, 1.82) is 0 Å². The lowest BCUT2D eigenvalue weighted by Crippen LogP contribution is -2.47. The van der Waals surface area contributed by atoms with Gasteiger partial charge < -0.3 is 10.2 Å². The third-order valence-corrected chi connectivity index (χ3v) is 9.71. The Labute approximate surface area is 262 Å². The predicted molar refractivity (Wildman–Crippen MR) is 170 cm³/mol. The second kappa shape index (κ2) is 13.7. The first-order valence-corrected chi connectivity index (χ1v) is 16.2. The summed E-state index contributed by atoms with van der Waals surface area (Å²) in [5.74, 6) is -0.907. The highest BCUT2D eigenvalue weighted by atomic mass is 19.1. The molecule has 4 rings (SSSR count). The number of aromatic nitrogens is 2. The van der Waals surface area contributed by atoms with Gasteiger partial charge in [0.2, 0.25) is 11.8 Å². The summed E-state index contributed by atoms with van der Waals surface area (Å²) in [5.41, 5.74) is 1.36. The van der Waals surface area contributed by atoms with E-state index in [1.54, 1.807) is 11.6 Å². The van der Waals surface area contributed by atoms with Crippen LogP contribution in [-0.2, 0) is 23.2 Å². The van der Waals surface area contributed by atoms with E-state index in [1.807, 2.05) is 31.4 Å². The molecule has 44 heavy (non-hydrogen) atoms. The summed E-state index contributed by atoms with van der Waals surface area (Å²) >= 11 is 0. The second-order valence-corrected chi connectivity index (χ2v) is 15.4. The number of hydrogen-bond donors (Lipinski definition) is 1. The maximum absolute atomic E-state index is 15.1. The summed E-state index contributed by atoms with van der Waals surface area (Å²) < 4.78 is 30.8. The summed E-state index contributed by atoms with van der Waals surface area (Å²) in [4.78, 5) is 30.3. The topological polar surface area (TPSA) is 70.5 Å². The van der Waals surface area contributed by atoms with Gasteiger partial charge in [-0.25, -0.2) is 8.78 Å². The number of nitrogens with one attached hydrogen (secondary N) is 1. The monoisotopic (exact) mass is 613 g/mol. The second-order valence-electron chi connectivity index (χ2n) is 15.4. The van der Waals surface area contributed by atoms with Crippen molar-refractivity contribution in [1.82, 2.24) is 24.9 Å². The van der Waals surface area contributed by atoms with Crippen LogP contribution in [0.2, 0.25) is 0 Å². The van der Waals surface area contributed by atoms with Crippen LogP contribution in [0.1, 0.15) is 97.1 Å². The van der Waals surface area contributed by atoms with E-state index >= 15 is 4.39 Å². The van der Waals surface area contributed by atoms with Gasteiger partial charge >= 0.3 is 0 Å². The molecule has 2 aliphatic rings. The third kappa shape index (κ3) is 8.89. The fourth-order valence-electron chi connectivity index (χ4n) is 7.96. The van der Waals surface area contributed by atoms with E-state index in [0.717, 1.165) is 37.3 Å². The Kier molecular flexibility index (Phi) is 10.6. The van der Waals surface area contributed by atoms with E-state index in [4.69, 9.17) is 0 Å². The Morgan fingerprint density at radius 2 is 1.77 bits per heavy atom. The van der Waals surface area contributed by atoms with Gasteiger partial charge in [-0.15, -0.1) is 0 Å². The van der Waals surface area contributed by atoms with Crippen LogP contribution in [0.25, 0.3) is 0 Å². The van der Waals surface area contributed by atoms with Gasteiger partial charge in [-0.3, -0.25) is 19.2 Å². The maximum Gasteiger partial charge on any atom is 0.226 e. The first-order valence-electron chi connectivity index (χ1n) is 16.2. The van der Waals surface area contributed by atoms with Crippen molar-refractivity contribution in [2.75, 3.05) is 20.1 Å². The van der Waals surface area contributed by atoms with Crippen LogP contribution in [0, 0.1) is 34.8 Å². The van der Waals surface area contributed by atoms with Crippen molar-refractivity contribution in [3.05, 3.63) is 53.4 Å². The molecule has 1 saturated heterocycles. The lowest BCUT2D eigenvalue weighted by molar-refractivity contribution is -0.137. The largest absolute Gasteiger partial charge is 0.351 e. The zero-order valence-electron chi connectivity index (χ0n) is 28.0. The smallest absolute Gasteiger partial charge is 0.226 e. The summed E-state index contributed by atoms with van der Waals surface area (Å²) in [6.07, 6.45) is 8.87. The summed E-state index contributed by atoms with van der Waals surface area (Å²) in [6.45, 7) is 14.6. The molecule has 0 radical (unpaired) electrons. The maximum atomic E-state index is 15.1. The lowest BCUT2D eigenvalue weighted by Gasteiger charge is -2.42. The molecule has 2 heterocycles. The zero-order valence-corrected chi connectivity index (χ0v) is 28.0. The number of rotatable bonds is 10. The van der Waals surface area contributed by atoms with Gasteiger partial charge in [0.1, 0.15) is 11.6 Å². The molecule has 244 valence electrons. The number of likely N-dealkylation sites (tertiary alicyclic amines) is 1. The van der Waals surface area contributed by atoms with Gasteiger partial charge in [-0.2, -0.15) is 5.10 Å². The highest BCUT2D eigenvalue weighted by molar-refractivity contribution is 5.80. The van der Waals surface area contributed by atoms with Gasteiger partial charge in [0.05, 0.1) is 6.20 Å². The van der Waals surface area contributed by atoms with E-state index < -0.39 is 11.6 Å². The molecule has 1 aliphatic carbocycles. The van der Waals surface area contributed by atoms with E-state index in [1.165, 1.54) is 12.1 Å². The van der Waals surface area contributed by atoms with Crippen LogP contribution >= 0.6 is 0 Å². The standard InChI is InChI=1S/C35H53F2N5O2/c1-23(43)39-35(5,6)19-26(18-34(2,3)4)25-11-13-42(14-12-25)33(44)31-17-28(40(7)21-24-20-38-41(8)22-24)16-30(31)29-10-9-27(36)15-32(29)37/h9-10,15,20,22,25-26,28,30-31H,11-14,16-19,21H2,1-8H3,(H,39,43)/t26?,28?,30-,31+/m0/s1. The number of benzene rings is 1. The molecule has 2 aromatic rings. The minimum Gasteiger partial charge on any atom is -0.351 e. The molecule has 2 fully saturated rings. The Morgan fingerprint density at radius 1 is 1.09 bits per heavy atom. The van der Waals surface area contributed by atoms with E-state index in [9.17, 15) is 14.0 Å². The van der Waals surface area contributed by atoms with E-state index in [-0.39, 0.29) is 40.6 Å². The van der Waals surface area contributed by atoms with E-state index in [2.05, 4.69) is 49.9 Å². The molecule has 1 aliphatic heterocycles.